The smallest absolute Gasteiger partial charge is 0.229 e. The molecule has 1 rings (SSSR count). The normalized spacial score (nSPS) is 12.8. The minimum Gasteiger partial charge on any atom is -0.330 e. The second kappa shape index (κ2) is 6.71. The van der Waals surface area contributed by atoms with Crippen LogP contribution in [-0.4, -0.2) is 12.5 Å². The maximum absolute atomic E-state index is 12.2. The molecule has 0 aliphatic carbocycles. The van der Waals surface area contributed by atoms with Crippen LogP contribution in [0.5, 0.6) is 0 Å². The Morgan fingerprint density at radius 2 is 1.89 bits per heavy atom. The zero-order valence-electron chi connectivity index (χ0n) is 12.7. The van der Waals surface area contributed by atoms with E-state index in [0.717, 1.165) is 11.3 Å². The summed E-state index contributed by atoms with van der Waals surface area (Å²) in [6.45, 7) is 10.7. The quantitative estimate of drug-likeness (QED) is 0.855. The van der Waals surface area contributed by atoms with Crippen LogP contribution in [0.3, 0.4) is 0 Å². The molecule has 3 N–H and O–H groups in total. The van der Waals surface area contributed by atoms with Crippen LogP contribution in [0.2, 0.25) is 0 Å². The van der Waals surface area contributed by atoms with Crippen molar-refractivity contribution in [3.8, 4) is 0 Å². The van der Waals surface area contributed by atoms with Crippen LogP contribution in [0, 0.1) is 18.8 Å². The number of rotatable bonds is 5. The third-order valence-corrected chi connectivity index (χ3v) is 3.58. The molecule has 3 nitrogen and oxygen atoms in total. The number of aryl methyl sites for hydroxylation is 1. The summed E-state index contributed by atoms with van der Waals surface area (Å²) in [6.07, 6.45) is 0. The second-order valence-electron chi connectivity index (χ2n) is 5.80. The molecule has 1 unspecified atom stereocenters. The van der Waals surface area contributed by atoms with Crippen molar-refractivity contribution in [1.82, 2.24) is 0 Å². The van der Waals surface area contributed by atoms with E-state index in [1.165, 1.54) is 5.56 Å². The first kappa shape index (κ1) is 15.7. The first-order chi connectivity index (χ1) is 8.86. The van der Waals surface area contributed by atoms with Gasteiger partial charge in [0.15, 0.2) is 0 Å². The second-order valence-corrected chi connectivity index (χ2v) is 5.80. The molecule has 0 saturated heterocycles. The number of hydrogen-bond acceptors (Lipinski definition) is 2. The van der Waals surface area contributed by atoms with Crippen LogP contribution >= 0.6 is 0 Å². The summed E-state index contributed by atoms with van der Waals surface area (Å²) in [5.41, 5.74) is 8.89. The molecule has 0 aromatic heterocycles. The molecule has 0 radical (unpaired) electrons. The van der Waals surface area contributed by atoms with Crippen molar-refractivity contribution in [3.63, 3.8) is 0 Å². The molecule has 0 aliphatic rings. The number of amides is 1. The van der Waals surface area contributed by atoms with E-state index < -0.39 is 0 Å². The topological polar surface area (TPSA) is 55.1 Å². The third kappa shape index (κ3) is 4.06. The Morgan fingerprint density at radius 3 is 2.37 bits per heavy atom. The monoisotopic (exact) mass is 262 g/mol. The molecule has 3 heteroatoms. The highest BCUT2D eigenvalue weighted by Crippen LogP contribution is 2.23. The Bertz CT molecular complexity index is 438. The van der Waals surface area contributed by atoms with E-state index in [-0.39, 0.29) is 17.7 Å². The van der Waals surface area contributed by atoms with E-state index in [4.69, 9.17) is 5.73 Å². The average Bonchev–Trinajstić information content (AvgIpc) is 2.31. The summed E-state index contributed by atoms with van der Waals surface area (Å²) in [4.78, 5) is 12.2. The Labute approximate surface area is 116 Å². The minimum atomic E-state index is -0.137. The van der Waals surface area contributed by atoms with Gasteiger partial charge in [0, 0.05) is 12.2 Å². The van der Waals surface area contributed by atoms with Gasteiger partial charge in [-0.1, -0.05) is 39.8 Å². The molecule has 0 saturated carbocycles. The summed E-state index contributed by atoms with van der Waals surface area (Å²) in [7, 11) is 0. The van der Waals surface area contributed by atoms with Crippen molar-refractivity contribution in [2.24, 2.45) is 17.6 Å². The fourth-order valence-corrected chi connectivity index (χ4v) is 2.04. The molecular weight excluding hydrogens is 236 g/mol. The zero-order chi connectivity index (χ0) is 14.6. The van der Waals surface area contributed by atoms with E-state index in [1.54, 1.807) is 0 Å². The van der Waals surface area contributed by atoms with Crippen LogP contribution in [0.15, 0.2) is 18.2 Å². The molecule has 0 heterocycles. The number of benzene rings is 1. The molecule has 0 fully saturated rings. The van der Waals surface area contributed by atoms with Crippen molar-refractivity contribution in [2.45, 2.75) is 40.5 Å². The van der Waals surface area contributed by atoms with Crippen molar-refractivity contribution >= 4 is 11.6 Å². The standard InChI is InChI=1S/C16H26N2O/c1-10(2)13-7-6-12(5)15(8-13)18-16(19)14(9-17)11(3)4/h6-8,10-11,14H,9,17H2,1-5H3,(H,18,19). The highest BCUT2D eigenvalue weighted by molar-refractivity contribution is 5.93. The fraction of sp³-hybridized carbons (Fsp3) is 0.562. The van der Waals surface area contributed by atoms with Gasteiger partial charge in [0.05, 0.1) is 5.92 Å². The first-order valence-electron chi connectivity index (χ1n) is 6.98. The molecule has 0 spiro atoms. The fourth-order valence-electron chi connectivity index (χ4n) is 2.04. The van der Waals surface area contributed by atoms with E-state index in [1.807, 2.05) is 20.8 Å². The average molecular weight is 262 g/mol. The van der Waals surface area contributed by atoms with E-state index in [0.29, 0.717) is 12.5 Å². The van der Waals surface area contributed by atoms with Gasteiger partial charge in [-0.05, 0) is 36.0 Å². The Morgan fingerprint density at radius 1 is 1.26 bits per heavy atom. The summed E-state index contributed by atoms with van der Waals surface area (Å²) >= 11 is 0. The van der Waals surface area contributed by atoms with Gasteiger partial charge in [-0.3, -0.25) is 4.79 Å². The lowest BCUT2D eigenvalue weighted by Crippen LogP contribution is -2.33. The molecule has 106 valence electrons. The Balaban J connectivity index is 2.92. The molecule has 19 heavy (non-hydrogen) atoms. The van der Waals surface area contributed by atoms with Crippen molar-refractivity contribution in [3.05, 3.63) is 29.3 Å². The van der Waals surface area contributed by atoms with Gasteiger partial charge in [-0.15, -0.1) is 0 Å². The summed E-state index contributed by atoms with van der Waals surface area (Å²) in [5, 5.41) is 3.02. The maximum atomic E-state index is 12.2. The number of carbonyl (C=O) groups excluding carboxylic acids is 1. The highest BCUT2D eigenvalue weighted by atomic mass is 16.1. The van der Waals surface area contributed by atoms with Gasteiger partial charge in [-0.25, -0.2) is 0 Å². The lowest BCUT2D eigenvalue weighted by molar-refractivity contribution is -0.120. The minimum absolute atomic E-state index is 0.0153. The van der Waals surface area contributed by atoms with E-state index in [2.05, 4.69) is 37.4 Å². The van der Waals surface area contributed by atoms with Gasteiger partial charge >= 0.3 is 0 Å². The summed E-state index contributed by atoms with van der Waals surface area (Å²) < 4.78 is 0. The van der Waals surface area contributed by atoms with Crippen LogP contribution in [0.4, 0.5) is 5.69 Å². The van der Waals surface area contributed by atoms with Gasteiger partial charge in [0.1, 0.15) is 0 Å². The number of hydrogen-bond donors (Lipinski definition) is 2. The number of carbonyl (C=O) groups is 1. The van der Waals surface area contributed by atoms with Crippen LogP contribution < -0.4 is 11.1 Å². The summed E-state index contributed by atoms with van der Waals surface area (Å²) in [6, 6.07) is 6.22. The first-order valence-corrected chi connectivity index (χ1v) is 6.98. The maximum Gasteiger partial charge on any atom is 0.229 e. The van der Waals surface area contributed by atoms with Crippen LogP contribution in [-0.2, 0) is 4.79 Å². The lowest BCUT2D eigenvalue weighted by Gasteiger charge is -2.20. The lowest BCUT2D eigenvalue weighted by atomic mass is 9.94. The van der Waals surface area contributed by atoms with Crippen molar-refractivity contribution < 1.29 is 4.79 Å². The number of nitrogens with one attached hydrogen (secondary N) is 1. The van der Waals surface area contributed by atoms with Gasteiger partial charge < -0.3 is 11.1 Å². The predicted octanol–water partition coefficient (Wildman–Crippen LogP) is 3.29. The van der Waals surface area contributed by atoms with E-state index >= 15 is 0 Å². The largest absolute Gasteiger partial charge is 0.330 e. The van der Waals surface area contributed by atoms with Gasteiger partial charge in [0.25, 0.3) is 0 Å². The van der Waals surface area contributed by atoms with E-state index in [9.17, 15) is 4.79 Å². The predicted molar refractivity (Wildman–Crippen MR) is 81.3 cm³/mol. The van der Waals surface area contributed by atoms with Crippen LogP contribution in [0.1, 0.15) is 44.7 Å². The molecule has 0 aliphatic heterocycles. The highest BCUT2D eigenvalue weighted by Gasteiger charge is 2.21. The van der Waals surface area contributed by atoms with Crippen molar-refractivity contribution in [2.75, 3.05) is 11.9 Å². The van der Waals surface area contributed by atoms with Crippen LogP contribution in [0.25, 0.3) is 0 Å². The molecule has 1 aromatic rings. The molecule has 1 atom stereocenters. The zero-order valence-corrected chi connectivity index (χ0v) is 12.7. The SMILES string of the molecule is Cc1ccc(C(C)C)cc1NC(=O)C(CN)C(C)C. The summed E-state index contributed by atoms with van der Waals surface area (Å²) in [5.74, 6) is 0.578. The third-order valence-electron chi connectivity index (χ3n) is 3.58. The van der Waals surface area contributed by atoms with Crippen molar-refractivity contribution in [1.29, 1.82) is 0 Å². The van der Waals surface area contributed by atoms with Gasteiger partial charge in [-0.2, -0.15) is 0 Å². The Kier molecular flexibility index (Phi) is 5.55. The molecule has 1 aromatic carbocycles. The van der Waals surface area contributed by atoms with Gasteiger partial charge in [0.2, 0.25) is 5.91 Å². The molecule has 0 bridgehead atoms. The Hall–Kier alpha value is -1.35. The molecular formula is C16H26N2O. The molecule has 1 amide bonds. The number of nitrogens with two attached hydrogens (primary N) is 1. The number of anilines is 1.